The molecule has 1 fully saturated rings. The van der Waals surface area contributed by atoms with Gasteiger partial charge in [-0.15, -0.1) is 0 Å². The Morgan fingerprint density at radius 2 is 2.20 bits per heavy atom. The standard InChI is InChI=1S/C15H21N3O2/c1-11-7-8-18(10-11)15(19)13(14(16)17-20)9-12-5-3-2-4-6-12/h2-6,11,13,20H,7-10H2,1H3,(H2,16,17). The van der Waals surface area contributed by atoms with Crippen LogP contribution in [0.5, 0.6) is 0 Å². The number of rotatable bonds is 4. The minimum atomic E-state index is -0.590. The largest absolute Gasteiger partial charge is 0.409 e. The molecule has 0 aromatic heterocycles. The van der Waals surface area contributed by atoms with Crippen LogP contribution in [-0.2, 0) is 11.2 Å². The molecule has 5 nitrogen and oxygen atoms in total. The quantitative estimate of drug-likeness (QED) is 0.378. The lowest BCUT2D eigenvalue weighted by atomic mass is 9.97. The van der Waals surface area contributed by atoms with E-state index in [0.29, 0.717) is 12.3 Å². The summed E-state index contributed by atoms with van der Waals surface area (Å²) in [4.78, 5) is 14.4. The molecule has 2 atom stereocenters. The number of hydrogen-bond acceptors (Lipinski definition) is 3. The monoisotopic (exact) mass is 275 g/mol. The molecule has 5 heteroatoms. The maximum Gasteiger partial charge on any atom is 0.233 e. The van der Waals surface area contributed by atoms with Gasteiger partial charge in [-0.3, -0.25) is 4.79 Å². The first-order valence-corrected chi connectivity index (χ1v) is 6.92. The van der Waals surface area contributed by atoms with Gasteiger partial charge in [0.15, 0.2) is 5.84 Å². The SMILES string of the molecule is CC1CCN(C(=O)C(Cc2ccccc2)C(N)=NO)C1. The zero-order valence-electron chi connectivity index (χ0n) is 11.7. The molecule has 1 aromatic carbocycles. The van der Waals surface area contributed by atoms with Crippen molar-refractivity contribution < 1.29 is 10.0 Å². The van der Waals surface area contributed by atoms with Crippen molar-refractivity contribution in [2.45, 2.75) is 19.8 Å². The molecule has 1 aliphatic heterocycles. The number of amidine groups is 1. The molecule has 1 aromatic rings. The molecular formula is C15H21N3O2. The fraction of sp³-hybridized carbons (Fsp3) is 0.467. The van der Waals surface area contributed by atoms with Gasteiger partial charge in [-0.05, 0) is 24.3 Å². The van der Waals surface area contributed by atoms with Crippen LogP contribution < -0.4 is 5.73 Å². The summed E-state index contributed by atoms with van der Waals surface area (Å²) in [6.45, 7) is 3.63. The number of carbonyl (C=O) groups excluding carboxylic acids is 1. The molecule has 1 heterocycles. The summed E-state index contributed by atoms with van der Waals surface area (Å²) in [6, 6.07) is 9.64. The van der Waals surface area contributed by atoms with E-state index in [0.717, 1.165) is 25.1 Å². The summed E-state index contributed by atoms with van der Waals surface area (Å²) in [5.41, 5.74) is 6.73. The number of nitrogens with zero attached hydrogens (tertiary/aromatic N) is 2. The van der Waals surface area contributed by atoms with Crippen molar-refractivity contribution in [2.24, 2.45) is 22.7 Å². The van der Waals surface area contributed by atoms with Gasteiger partial charge >= 0.3 is 0 Å². The van der Waals surface area contributed by atoms with Gasteiger partial charge in [0.25, 0.3) is 0 Å². The van der Waals surface area contributed by atoms with E-state index >= 15 is 0 Å². The van der Waals surface area contributed by atoms with Crippen molar-refractivity contribution in [2.75, 3.05) is 13.1 Å². The average molecular weight is 275 g/mol. The third kappa shape index (κ3) is 3.29. The van der Waals surface area contributed by atoms with Crippen LogP contribution in [0.1, 0.15) is 18.9 Å². The smallest absolute Gasteiger partial charge is 0.233 e. The fourth-order valence-corrected chi connectivity index (χ4v) is 2.59. The van der Waals surface area contributed by atoms with E-state index < -0.39 is 5.92 Å². The first kappa shape index (κ1) is 14.4. The predicted molar refractivity (Wildman–Crippen MR) is 77.4 cm³/mol. The number of oxime groups is 1. The number of hydrogen-bond donors (Lipinski definition) is 2. The van der Waals surface area contributed by atoms with Gasteiger partial charge in [0, 0.05) is 13.1 Å². The first-order valence-electron chi connectivity index (χ1n) is 6.92. The Bertz CT molecular complexity index is 487. The third-order valence-electron chi connectivity index (χ3n) is 3.79. The van der Waals surface area contributed by atoms with E-state index in [1.165, 1.54) is 0 Å². The number of likely N-dealkylation sites (tertiary alicyclic amines) is 1. The molecular weight excluding hydrogens is 254 g/mol. The van der Waals surface area contributed by atoms with Crippen LogP contribution in [0.15, 0.2) is 35.5 Å². The van der Waals surface area contributed by atoms with Crippen LogP contribution in [0.4, 0.5) is 0 Å². The van der Waals surface area contributed by atoms with Gasteiger partial charge in [-0.2, -0.15) is 0 Å². The van der Waals surface area contributed by atoms with Crippen LogP contribution in [0, 0.1) is 11.8 Å². The van der Waals surface area contributed by atoms with Crippen LogP contribution in [0.2, 0.25) is 0 Å². The molecule has 108 valence electrons. The average Bonchev–Trinajstić information content (AvgIpc) is 2.91. The van der Waals surface area contributed by atoms with Gasteiger partial charge in [0.05, 0.1) is 0 Å². The summed E-state index contributed by atoms with van der Waals surface area (Å²) in [5, 5.41) is 12.0. The van der Waals surface area contributed by atoms with Gasteiger partial charge < -0.3 is 15.8 Å². The summed E-state index contributed by atoms with van der Waals surface area (Å²) >= 11 is 0. The molecule has 0 saturated carbocycles. The van der Waals surface area contributed by atoms with Gasteiger partial charge in [0.1, 0.15) is 5.92 Å². The van der Waals surface area contributed by atoms with Crippen LogP contribution in [-0.4, -0.2) is 34.9 Å². The predicted octanol–water partition coefficient (Wildman–Crippen LogP) is 1.46. The van der Waals surface area contributed by atoms with Crippen LogP contribution in [0.3, 0.4) is 0 Å². The van der Waals surface area contributed by atoms with Crippen LogP contribution >= 0.6 is 0 Å². The minimum absolute atomic E-state index is 0.0154. The van der Waals surface area contributed by atoms with E-state index in [1.54, 1.807) is 0 Å². The summed E-state index contributed by atoms with van der Waals surface area (Å²) in [7, 11) is 0. The maximum absolute atomic E-state index is 12.5. The number of amides is 1. The van der Waals surface area contributed by atoms with Gasteiger partial charge in [-0.25, -0.2) is 0 Å². The van der Waals surface area contributed by atoms with Crippen molar-refractivity contribution >= 4 is 11.7 Å². The van der Waals surface area contributed by atoms with Gasteiger partial charge in [0.2, 0.25) is 5.91 Å². The molecule has 2 unspecified atom stereocenters. The highest BCUT2D eigenvalue weighted by molar-refractivity contribution is 6.02. The summed E-state index contributed by atoms with van der Waals surface area (Å²) in [6.07, 6.45) is 1.47. The number of carbonyl (C=O) groups is 1. The third-order valence-corrected chi connectivity index (χ3v) is 3.79. The highest BCUT2D eigenvalue weighted by Gasteiger charge is 2.31. The van der Waals surface area contributed by atoms with E-state index in [9.17, 15) is 4.79 Å². The molecule has 0 aliphatic carbocycles. The fourth-order valence-electron chi connectivity index (χ4n) is 2.59. The summed E-state index contributed by atoms with van der Waals surface area (Å²) < 4.78 is 0. The van der Waals surface area contributed by atoms with Gasteiger partial charge in [-0.1, -0.05) is 42.4 Å². The van der Waals surface area contributed by atoms with Crippen molar-refractivity contribution in [1.29, 1.82) is 0 Å². The lowest BCUT2D eigenvalue weighted by molar-refractivity contribution is -0.132. The highest BCUT2D eigenvalue weighted by atomic mass is 16.4. The highest BCUT2D eigenvalue weighted by Crippen LogP contribution is 2.20. The Morgan fingerprint density at radius 3 is 2.75 bits per heavy atom. The molecule has 20 heavy (non-hydrogen) atoms. The Hall–Kier alpha value is -2.04. The second kappa shape index (κ2) is 6.41. The lowest BCUT2D eigenvalue weighted by Crippen LogP contribution is -2.42. The molecule has 1 aliphatic rings. The van der Waals surface area contributed by atoms with E-state index in [4.69, 9.17) is 10.9 Å². The number of benzene rings is 1. The second-order valence-electron chi connectivity index (χ2n) is 5.45. The first-order chi connectivity index (χ1) is 9.61. The topological polar surface area (TPSA) is 78.9 Å². The van der Waals surface area contributed by atoms with E-state index in [-0.39, 0.29) is 11.7 Å². The molecule has 1 saturated heterocycles. The maximum atomic E-state index is 12.5. The van der Waals surface area contributed by atoms with E-state index in [1.807, 2.05) is 35.2 Å². The Labute approximate surface area is 119 Å². The van der Waals surface area contributed by atoms with Crippen molar-refractivity contribution in [3.63, 3.8) is 0 Å². The zero-order valence-corrected chi connectivity index (χ0v) is 11.7. The normalized spacial score (nSPS) is 20.9. The Balaban J connectivity index is 2.13. The van der Waals surface area contributed by atoms with Crippen molar-refractivity contribution in [1.82, 2.24) is 4.90 Å². The molecule has 2 rings (SSSR count). The molecule has 0 radical (unpaired) electrons. The Morgan fingerprint density at radius 1 is 1.50 bits per heavy atom. The van der Waals surface area contributed by atoms with Crippen LogP contribution in [0.25, 0.3) is 0 Å². The molecule has 0 spiro atoms. The van der Waals surface area contributed by atoms with Crippen molar-refractivity contribution in [3.05, 3.63) is 35.9 Å². The zero-order chi connectivity index (χ0) is 14.5. The molecule has 0 bridgehead atoms. The Kier molecular flexibility index (Phi) is 4.61. The minimum Gasteiger partial charge on any atom is -0.409 e. The second-order valence-corrected chi connectivity index (χ2v) is 5.45. The summed E-state index contributed by atoms with van der Waals surface area (Å²) in [5.74, 6) is -0.136. The number of nitrogens with two attached hydrogens (primary N) is 1. The molecule has 3 N–H and O–H groups in total. The van der Waals surface area contributed by atoms with Crippen molar-refractivity contribution in [3.8, 4) is 0 Å². The lowest BCUT2D eigenvalue weighted by Gasteiger charge is -2.22. The van der Waals surface area contributed by atoms with E-state index in [2.05, 4.69) is 12.1 Å². The molecule has 1 amide bonds.